The Balaban J connectivity index is 2.29. The van der Waals surface area contributed by atoms with Crippen molar-refractivity contribution in [3.05, 3.63) is 47.8 Å². The summed E-state index contributed by atoms with van der Waals surface area (Å²) in [6.07, 6.45) is 5.29. The summed E-state index contributed by atoms with van der Waals surface area (Å²) in [6, 6.07) is 8.04. The van der Waals surface area contributed by atoms with Gasteiger partial charge >= 0.3 is 0 Å². The van der Waals surface area contributed by atoms with Crippen molar-refractivity contribution >= 4 is 23.2 Å². The van der Waals surface area contributed by atoms with Crippen LogP contribution in [0.25, 0.3) is 11.4 Å². The third-order valence-electron chi connectivity index (χ3n) is 2.68. The van der Waals surface area contributed by atoms with Crippen LogP contribution in [0.4, 0.5) is 0 Å². The Kier molecular flexibility index (Phi) is 4.97. The molecule has 2 rings (SSSR count). The highest BCUT2D eigenvalue weighted by molar-refractivity contribution is 6.18. The van der Waals surface area contributed by atoms with Crippen LogP contribution in [0.15, 0.2) is 36.7 Å². The molecule has 0 unspecified atom stereocenters. The van der Waals surface area contributed by atoms with Crippen LogP contribution >= 0.6 is 23.2 Å². The first kappa shape index (κ1) is 13.3. The van der Waals surface area contributed by atoms with E-state index in [0.717, 1.165) is 24.2 Å². The molecule has 0 bridgehead atoms. The van der Waals surface area contributed by atoms with E-state index in [-0.39, 0.29) is 0 Å². The molecule has 0 spiro atoms. The Morgan fingerprint density at radius 1 is 0.778 bits per heavy atom. The Morgan fingerprint density at radius 2 is 1.22 bits per heavy atom. The molecule has 0 aromatic carbocycles. The van der Waals surface area contributed by atoms with Gasteiger partial charge in [0.1, 0.15) is 0 Å². The quantitative estimate of drug-likeness (QED) is 0.781. The summed E-state index contributed by atoms with van der Waals surface area (Å²) >= 11 is 11.5. The molecule has 0 amide bonds. The summed E-state index contributed by atoms with van der Waals surface area (Å²) in [5, 5.41) is 0. The maximum Gasteiger partial charge on any atom is 0.0888 e. The fourth-order valence-electron chi connectivity index (χ4n) is 1.76. The van der Waals surface area contributed by atoms with Crippen molar-refractivity contribution in [1.82, 2.24) is 9.97 Å². The number of hydrogen-bond donors (Lipinski definition) is 0. The standard InChI is InChI=1S/C14H14Cl2N2/c15-5-1-11-3-7-17-13(9-11)14-10-12(2-6-16)4-8-18-14/h3-4,7-10H,1-2,5-6H2. The van der Waals surface area contributed by atoms with Crippen LogP contribution in [0, 0.1) is 0 Å². The molecule has 0 aliphatic carbocycles. The molecule has 2 aromatic rings. The van der Waals surface area contributed by atoms with Crippen LogP contribution in [0.5, 0.6) is 0 Å². The number of aromatic nitrogens is 2. The first-order valence-corrected chi connectivity index (χ1v) is 6.92. The van der Waals surface area contributed by atoms with Gasteiger partial charge in [-0.1, -0.05) is 0 Å². The normalized spacial score (nSPS) is 10.6. The lowest BCUT2D eigenvalue weighted by Crippen LogP contribution is -1.94. The van der Waals surface area contributed by atoms with Crippen LogP contribution in [-0.2, 0) is 12.8 Å². The molecular formula is C14H14Cl2N2. The van der Waals surface area contributed by atoms with Gasteiger partial charge in [-0.05, 0) is 48.2 Å². The summed E-state index contributed by atoms with van der Waals surface area (Å²) in [4.78, 5) is 8.71. The minimum Gasteiger partial charge on any atom is -0.255 e. The van der Waals surface area contributed by atoms with Crippen molar-refractivity contribution in [3.63, 3.8) is 0 Å². The van der Waals surface area contributed by atoms with Gasteiger partial charge in [-0.2, -0.15) is 0 Å². The van der Waals surface area contributed by atoms with E-state index < -0.39 is 0 Å². The zero-order valence-corrected chi connectivity index (χ0v) is 11.5. The van der Waals surface area contributed by atoms with Crippen molar-refractivity contribution in [3.8, 4) is 11.4 Å². The highest BCUT2D eigenvalue weighted by atomic mass is 35.5. The fourth-order valence-corrected chi connectivity index (χ4v) is 2.19. The van der Waals surface area contributed by atoms with Crippen molar-refractivity contribution in [2.75, 3.05) is 11.8 Å². The molecule has 0 radical (unpaired) electrons. The SMILES string of the molecule is ClCCc1ccnc(-c2cc(CCCl)ccn2)c1. The lowest BCUT2D eigenvalue weighted by Gasteiger charge is -2.04. The van der Waals surface area contributed by atoms with Gasteiger partial charge in [0.25, 0.3) is 0 Å². The van der Waals surface area contributed by atoms with Crippen molar-refractivity contribution in [2.45, 2.75) is 12.8 Å². The fraction of sp³-hybridized carbons (Fsp3) is 0.286. The van der Waals surface area contributed by atoms with E-state index in [1.807, 2.05) is 24.3 Å². The molecule has 0 N–H and O–H groups in total. The van der Waals surface area contributed by atoms with Crippen LogP contribution in [0.1, 0.15) is 11.1 Å². The molecule has 2 heterocycles. The molecule has 0 aliphatic heterocycles. The first-order chi connectivity index (χ1) is 8.83. The predicted octanol–water partition coefficient (Wildman–Crippen LogP) is 3.71. The highest BCUT2D eigenvalue weighted by Crippen LogP contribution is 2.17. The van der Waals surface area contributed by atoms with E-state index in [4.69, 9.17) is 23.2 Å². The van der Waals surface area contributed by atoms with Gasteiger partial charge in [-0.25, -0.2) is 0 Å². The van der Waals surface area contributed by atoms with Gasteiger partial charge in [-0.15, -0.1) is 23.2 Å². The number of hydrogen-bond acceptors (Lipinski definition) is 2. The Hall–Kier alpha value is -1.12. The zero-order chi connectivity index (χ0) is 12.8. The number of pyridine rings is 2. The summed E-state index contributed by atoms with van der Waals surface area (Å²) in [5.74, 6) is 1.23. The second-order valence-corrected chi connectivity index (χ2v) is 4.73. The maximum atomic E-state index is 5.75. The summed E-state index contributed by atoms with van der Waals surface area (Å²) in [7, 11) is 0. The van der Waals surface area contributed by atoms with Crippen LogP contribution in [0.3, 0.4) is 0 Å². The van der Waals surface area contributed by atoms with E-state index in [9.17, 15) is 0 Å². The summed E-state index contributed by atoms with van der Waals surface area (Å²) in [5.41, 5.74) is 4.13. The summed E-state index contributed by atoms with van der Waals surface area (Å²) < 4.78 is 0. The predicted molar refractivity (Wildman–Crippen MR) is 76.3 cm³/mol. The molecule has 18 heavy (non-hydrogen) atoms. The number of nitrogens with zero attached hydrogens (tertiary/aromatic N) is 2. The van der Waals surface area contributed by atoms with E-state index >= 15 is 0 Å². The first-order valence-electron chi connectivity index (χ1n) is 5.85. The van der Waals surface area contributed by atoms with Crippen LogP contribution < -0.4 is 0 Å². The van der Waals surface area contributed by atoms with Gasteiger partial charge in [0, 0.05) is 24.2 Å². The average molecular weight is 281 g/mol. The minimum absolute atomic E-state index is 0.614. The molecule has 94 valence electrons. The van der Waals surface area contributed by atoms with Crippen molar-refractivity contribution < 1.29 is 0 Å². The van der Waals surface area contributed by atoms with E-state index in [0.29, 0.717) is 11.8 Å². The molecule has 4 heteroatoms. The Labute approximate surface area is 117 Å². The third kappa shape index (κ3) is 3.44. The van der Waals surface area contributed by atoms with Gasteiger partial charge in [0.15, 0.2) is 0 Å². The molecule has 2 aromatic heterocycles. The van der Waals surface area contributed by atoms with Crippen molar-refractivity contribution in [2.24, 2.45) is 0 Å². The molecule has 2 nitrogen and oxygen atoms in total. The van der Waals surface area contributed by atoms with Crippen molar-refractivity contribution in [1.29, 1.82) is 0 Å². The van der Waals surface area contributed by atoms with E-state index in [1.165, 1.54) is 11.1 Å². The zero-order valence-electron chi connectivity index (χ0n) is 9.94. The number of aryl methyl sites for hydroxylation is 2. The smallest absolute Gasteiger partial charge is 0.0888 e. The van der Waals surface area contributed by atoms with Gasteiger partial charge in [-0.3, -0.25) is 9.97 Å². The van der Waals surface area contributed by atoms with Gasteiger partial charge < -0.3 is 0 Å². The second kappa shape index (κ2) is 6.72. The molecule has 0 aliphatic rings. The Morgan fingerprint density at radius 3 is 1.61 bits per heavy atom. The van der Waals surface area contributed by atoms with Gasteiger partial charge in [0.05, 0.1) is 11.4 Å². The highest BCUT2D eigenvalue weighted by Gasteiger charge is 2.03. The molecule has 0 saturated carbocycles. The molecule has 0 atom stereocenters. The molecular weight excluding hydrogens is 267 g/mol. The van der Waals surface area contributed by atoms with E-state index in [1.54, 1.807) is 12.4 Å². The largest absolute Gasteiger partial charge is 0.255 e. The van der Waals surface area contributed by atoms with Gasteiger partial charge in [0.2, 0.25) is 0 Å². The lowest BCUT2D eigenvalue weighted by molar-refractivity contribution is 1.10. The average Bonchev–Trinajstić information content (AvgIpc) is 2.40. The maximum absolute atomic E-state index is 5.75. The molecule has 0 saturated heterocycles. The van der Waals surface area contributed by atoms with Crippen LogP contribution in [0.2, 0.25) is 0 Å². The van der Waals surface area contributed by atoms with E-state index in [2.05, 4.69) is 9.97 Å². The third-order valence-corrected chi connectivity index (χ3v) is 3.06. The minimum atomic E-state index is 0.614. The Bertz CT molecular complexity index is 467. The number of halogens is 2. The molecule has 0 fully saturated rings. The lowest BCUT2D eigenvalue weighted by atomic mass is 10.1. The number of rotatable bonds is 5. The summed E-state index contributed by atoms with van der Waals surface area (Å²) in [6.45, 7) is 0. The number of alkyl halides is 2. The second-order valence-electron chi connectivity index (χ2n) is 3.98. The monoisotopic (exact) mass is 280 g/mol. The topological polar surface area (TPSA) is 25.8 Å². The van der Waals surface area contributed by atoms with Crippen LogP contribution in [-0.4, -0.2) is 21.7 Å².